The van der Waals surface area contributed by atoms with E-state index in [0.29, 0.717) is 18.8 Å². The number of aryl methyl sites for hydroxylation is 1. The van der Waals surface area contributed by atoms with Crippen LogP contribution in [-0.2, 0) is 13.5 Å². The third-order valence-corrected chi connectivity index (χ3v) is 2.59. The van der Waals surface area contributed by atoms with Crippen LogP contribution in [0.15, 0.2) is 18.5 Å². The van der Waals surface area contributed by atoms with E-state index in [1.807, 2.05) is 0 Å². The van der Waals surface area contributed by atoms with Crippen LogP contribution in [0.25, 0.3) is 0 Å². The first-order valence-electron chi connectivity index (χ1n) is 5.54. The van der Waals surface area contributed by atoms with Gasteiger partial charge in [-0.05, 0) is 12.1 Å². The molecule has 0 radical (unpaired) electrons. The number of hydrogen-bond acceptors (Lipinski definition) is 5. The number of carboxylic acid groups (broad SMARTS) is 1. The fraction of sp³-hybridized carbons (Fsp3) is 0.273. The van der Waals surface area contributed by atoms with Crippen molar-refractivity contribution in [2.75, 3.05) is 11.9 Å². The van der Waals surface area contributed by atoms with Gasteiger partial charge < -0.3 is 10.4 Å². The molecule has 0 atom stereocenters. The molecule has 7 nitrogen and oxygen atoms in total. The lowest BCUT2D eigenvalue weighted by Gasteiger charge is -2.07. The second-order valence-electron chi connectivity index (χ2n) is 3.85. The molecule has 2 aromatic rings. The second kappa shape index (κ2) is 5.66. The number of hydrogen-bond donors (Lipinski definition) is 2. The highest BCUT2D eigenvalue weighted by Gasteiger charge is 2.11. The van der Waals surface area contributed by atoms with Gasteiger partial charge in [0.05, 0.1) is 0 Å². The summed E-state index contributed by atoms with van der Waals surface area (Å²) in [4.78, 5) is 19.0. The van der Waals surface area contributed by atoms with Crippen LogP contribution in [-0.4, -0.2) is 37.4 Å². The van der Waals surface area contributed by atoms with Crippen molar-refractivity contribution < 1.29 is 9.90 Å². The SMILES string of the molecule is Cn1cnc(CCNc2nc(Cl)ccc2C(=O)O)n1. The quantitative estimate of drug-likeness (QED) is 0.801. The number of halogens is 1. The lowest BCUT2D eigenvalue weighted by atomic mass is 10.2. The van der Waals surface area contributed by atoms with E-state index in [1.54, 1.807) is 18.1 Å². The van der Waals surface area contributed by atoms with E-state index in [2.05, 4.69) is 20.4 Å². The van der Waals surface area contributed by atoms with Gasteiger partial charge in [-0.2, -0.15) is 5.10 Å². The molecule has 2 aromatic heterocycles. The summed E-state index contributed by atoms with van der Waals surface area (Å²) in [7, 11) is 1.78. The molecule has 0 saturated carbocycles. The van der Waals surface area contributed by atoms with Crippen molar-refractivity contribution in [3.05, 3.63) is 35.0 Å². The normalized spacial score (nSPS) is 10.4. The number of aromatic nitrogens is 4. The Morgan fingerprint density at radius 1 is 1.53 bits per heavy atom. The molecule has 0 aromatic carbocycles. The van der Waals surface area contributed by atoms with Gasteiger partial charge >= 0.3 is 5.97 Å². The van der Waals surface area contributed by atoms with Crippen LogP contribution in [0.2, 0.25) is 5.15 Å². The number of rotatable bonds is 5. The van der Waals surface area contributed by atoms with Crippen molar-refractivity contribution >= 4 is 23.4 Å². The number of anilines is 1. The largest absolute Gasteiger partial charge is 0.478 e. The minimum Gasteiger partial charge on any atom is -0.478 e. The highest BCUT2D eigenvalue weighted by atomic mass is 35.5. The van der Waals surface area contributed by atoms with E-state index in [-0.39, 0.29) is 16.5 Å². The Bertz CT molecular complexity index is 599. The summed E-state index contributed by atoms with van der Waals surface area (Å²) in [5, 5.41) is 16.3. The minimum atomic E-state index is -1.05. The standard InChI is InChI=1S/C11H12ClN5O2/c1-17-6-14-9(16-17)4-5-13-10-7(11(18)19)2-3-8(12)15-10/h2-3,6H,4-5H2,1H3,(H,13,15)(H,18,19). The van der Waals surface area contributed by atoms with Gasteiger partial charge in [0.1, 0.15) is 22.9 Å². The Morgan fingerprint density at radius 2 is 2.32 bits per heavy atom. The molecule has 0 bridgehead atoms. The van der Waals surface area contributed by atoms with E-state index >= 15 is 0 Å². The average molecular weight is 282 g/mol. The summed E-state index contributed by atoms with van der Waals surface area (Å²) in [6.45, 7) is 0.470. The molecule has 19 heavy (non-hydrogen) atoms. The zero-order valence-corrected chi connectivity index (χ0v) is 10.9. The summed E-state index contributed by atoms with van der Waals surface area (Å²) in [5.74, 6) is -0.132. The first kappa shape index (κ1) is 13.3. The van der Waals surface area contributed by atoms with Crippen molar-refractivity contribution in [2.24, 2.45) is 7.05 Å². The summed E-state index contributed by atoms with van der Waals surface area (Å²) in [6.07, 6.45) is 2.17. The molecular formula is C11H12ClN5O2. The summed E-state index contributed by atoms with van der Waals surface area (Å²) in [6, 6.07) is 2.86. The molecule has 0 amide bonds. The number of nitrogens with one attached hydrogen (secondary N) is 1. The lowest BCUT2D eigenvalue weighted by Crippen LogP contribution is -2.12. The number of aromatic carboxylic acids is 1. The zero-order chi connectivity index (χ0) is 13.8. The van der Waals surface area contributed by atoms with Gasteiger partial charge in [-0.15, -0.1) is 0 Å². The van der Waals surface area contributed by atoms with Gasteiger partial charge in [0.2, 0.25) is 0 Å². The van der Waals surface area contributed by atoms with Crippen molar-refractivity contribution in [1.29, 1.82) is 0 Å². The molecule has 0 aliphatic carbocycles. The van der Waals surface area contributed by atoms with Crippen LogP contribution in [0.3, 0.4) is 0 Å². The Balaban J connectivity index is 2.02. The van der Waals surface area contributed by atoms with Gasteiger partial charge in [0, 0.05) is 20.0 Å². The molecule has 0 spiro atoms. The monoisotopic (exact) mass is 281 g/mol. The van der Waals surface area contributed by atoms with E-state index in [4.69, 9.17) is 16.7 Å². The molecule has 0 fully saturated rings. The Morgan fingerprint density at radius 3 is 2.95 bits per heavy atom. The van der Waals surface area contributed by atoms with Crippen LogP contribution in [0.5, 0.6) is 0 Å². The fourth-order valence-corrected chi connectivity index (χ4v) is 1.68. The average Bonchev–Trinajstić information content (AvgIpc) is 2.75. The van der Waals surface area contributed by atoms with Crippen molar-refractivity contribution in [3.8, 4) is 0 Å². The van der Waals surface area contributed by atoms with Crippen molar-refractivity contribution in [1.82, 2.24) is 19.7 Å². The third kappa shape index (κ3) is 3.41. The molecule has 2 N–H and O–H groups in total. The molecular weight excluding hydrogens is 270 g/mol. The maximum Gasteiger partial charge on any atom is 0.339 e. The van der Waals surface area contributed by atoms with Crippen molar-refractivity contribution in [3.63, 3.8) is 0 Å². The summed E-state index contributed by atoms with van der Waals surface area (Å²) in [5.41, 5.74) is 0.0818. The number of carbonyl (C=O) groups is 1. The maximum atomic E-state index is 11.0. The molecule has 0 unspecified atom stereocenters. The summed E-state index contributed by atoms with van der Waals surface area (Å²) >= 11 is 5.75. The van der Waals surface area contributed by atoms with Crippen LogP contribution in [0.1, 0.15) is 16.2 Å². The molecule has 2 rings (SSSR count). The summed E-state index contributed by atoms with van der Waals surface area (Å²) < 4.78 is 1.61. The van der Waals surface area contributed by atoms with Gasteiger partial charge in [-0.1, -0.05) is 11.6 Å². The smallest absolute Gasteiger partial charge is 0.339 e. The van der Waals surface area contributed by atoms with Crippen molar-refractivity contribution in [2.45, 2.75) is 6.42 Å². The Labute approximate surface area is 114 Å². The first-order valence-corrected chi connectivity index (χ1v) is 5.92. The van der Waals surface area contributed by atoms with Crippen LogP contribution < -0.4 is 5.32 Å². The Kier molecular flexibility index (Phi) is 3.96. The first-order chi connectivity index (χ1) is 9.06. The highest BCUT2D eigenvalue weighted by Crippen LogP contribution is 2.16. The topological polar surface area (TPSA) is 92.9 Å². The maximum absolute atomic E-state index is 11.0. The molecule has 100 valence electrons. The molecule has 0 aliphatic rings. The Hall–Kier alpha value is -2.15. The second-order valence-corrected chi connectivity index (χ2v) is 4.23. The van der Waals surface area contributed by atoms with Crippen LogP contribution in [0.4, 0.5) is 5.82 Å². The highest BCUT2D eigenvalue weighted by molar-refractivity contribution is 6.29. The number of carboxylic acids is 1. The predicted octanol–water partition coefficient (Wildman–Crippen LogP) is 1.22. The van der Waals surface area contributed by atoms with E-state index < -0.39 is 5.97 Å². The van der Waals surface area contributed by atoms with Gasteiger partial charge in [0.15, 0.2) is 5.82 Å². The molecule has 2 heterocycles. The van der Waals surface area contributed by atoms with Gasteiger partial charge in [-0.3, -0.25) is 4.68 Å². The minimum absolute atomic E-state index is 0.0818. The fourth-order valence-electron chi connectivity index (χ4n) is 1.53. The number of nitrogens with zero attached hydrogens (tertiary/aromatic N) is 4. The van der Waals surface area contributed by atoms with E-state index in [0.717, 1.165) is 0 Å². The zero-order valence-electron chi connectivity index (χ0n) is 10.2. The predicted molar refractivity (Wildman–Crippen MR) is 69.4 cm³/mol. The molecule has 8 heteroatoms. The number of pyridine rings is 1. The molecule has 0 saturated heterocycles. The molecule has 0 aliphatic heterocycles. The van der Waals surface area contributed by atoms with Crippen LogP contribution in [0, 0.1) is 0 Å². The van der Waals surface area contributed by atoms with E-state index in [1.165, 1.54) is 12.1 Å². The third-order valence-electron chi connectivity index (χ3n) is 2.38. The van der Waals surface area contributed by atoms with Crippen LogP contribution >= 0.6 is 11.6 Å². The van der Waals surface area contributed by atoms with Gasteiger partial charge in [-0.25, -0.2) is 14.8 Å². The lowest BCUT2D eigenvalue weighted by molar-refractivity contribution is 0.0697. The van der Waals surface area contributed by atoms with Gasteiger partial charge in [0.25, 0.3) is 0 Å². The van der Waals surface area contributed by atoms with E-state index in [9.17, 15) is 4.79 Å².